The second-order valence-corrected chi connectivity index (χ2v) is 6.99. The first-order chi connectivity index (χ1) is 14.0. The molecule has 3 aromatic rings. The van der Waals surface area contributed by atoms with Gasteiger partial charge in [-0.15, -0.1) is 0 Å². The first-order valence-corrected chi connectivity index (χ1v) is 9.41. The third-order valence-corrected chi connectivity index (χ3v) is 4.94. The molecule has 1 atom stereocenters. The maximum Gasteiger partial charge on any atom is 0.268 e. The lowest BCUT2D eigenvalue weighted by Gasteiger charge is -2.33. The van der Waals surface area contributed by atoms with Gasteiger partial charge in [0.05, 0.1) is 17.8 Å². The van der Waals surface area contributed by atoms with Crippen molar-refractivity contribution >= 4 is 23.2 Å². The van der Waals surface area contributed by atoms with E-state index in [-0.39, 0.29) is 11.8 Å². The van der Waals surface area contributed by atoms with Gasteiger partial charge >= 0.3 is 0 Å². The van der Waals surface area contributed by atoms with Crippen molar-refractivity contribution in [1.29, 1.82) is 0 Å². The molecule has 6 nitrogen and oxygen atoms in total. The molecule has 1 aliphatic heterocycles. The number of hydrogen-bond donors (Lipinski definition) is 1. The lowest BCUT2D eigenvalue weighted by Crippen LogP contribution is -2.44. The van der Waals surface area contributed by atoms with E-state index in [0.29, 0.717) is 29.2 Å². The van der Waals surface area contributed by atoms with E-state index in [1.165, 1.54) is 6.20 Å². The highest BCUT2D eigenvalue weighted by molar-refractivity contribution is 6.05. The monoisotopic (exact) mass is 387 g/mol. The molecule has 0 radical (unpaired) electrons. The number of amides is 2. The molecular formula is C23H21N3O3. The summed E-state index contributed by atoms with van der Waals surface area (Å²) in [5.74, 6) is 0.237. The lowest BCUT2D eigenvalue weighted by atomic mass is 10.1. The van der Waals surface area contributed by atoms with Gasteiger partial charge in [-0.1, -0.05) is 24.3 Å². The molecule has 29 heavy (non-hydrogen) atoms. The van der Waals surface area contributed by atoms with Gasteiger partial charge < -0.3 is 15.0 Å². The summed E-state index contributed by atoms with van der Waals surface area (Å²) in [5, 5.41) is 2.86. The molecule has 1 N–H and O–H groups in total. The Morgan fingerprint density at radius 3 is 2.76 bits per heavy atom. The van der Waals surface area contributed by atoms with E-state index >= 15 is 0 Å². The predicted molar refractivity (Wildman–Crippen MR) is 111 cm³/mol. The number of pyridine rings is 1. The van der Waals surface area contributed by atoms with Crippen LogP contribution >= 0.6 is 0 Å². The van der Waals surface area contributed by atoms with Crippen LogP contribution in [0.25, 0.3) is 0 Å². The highest BCUT2D eigenvalue weighted by Crippen LogP contribution is 2.37. The molecular weight excluding hydrogens is 366 g/mol. The maximum absolute atomic E-state index is 12.9. The molecule has 4 rings (SSSR count). The number of hydrogen-bond acceptors (Lipinski definition) is 4. The average molecular weight is 387 g/mol. The second-order valence-electron chi connectivity index (χ2n) is 6.99. The summed E-state index contributed by atoms with van der Waals surface area (Å²) in [6.45, 7) is 4.20. The number of anilines is 2. The van der Waals surface area contributed by atoms with Gasteiger partial charge in [0.15, 0.2) is 6.10 Å². The van der Waals surface area contributed by atoms with E-state index in [2.05, 4.69) is 10.3 Å². The Morgan fingerprint density at radius 1 is 1.17 bits per heavy atom. The van der Waals surface area contributed by atoms with Crippen molar-refractivity contribution in [2.24, 2.45) is 0 Å². The number of ether oxygens (including phenoxy) is 1. The molecule has 0 fully saturated rings. The summed E-state index contributed by atoms with van der Waals surface area (Å²) in [6, 6.07) is 16.7. The van der Waals surface area contributed by atoms with Crippen molar-refractivity contribution in [2.45, 2.75) is 26.5 Å². The highest BCUT2D eigenvalue weighted by Gasteiger charge is 2.32. The Balaban J connectivity index is 1.65. The van der Waals surface area contributed by atoms with Crippen LogP contribution in [-0.2, 0) is 11.3 Å². The number of nitrogens with one attached hydrogen (secondary N) is 1. The van der Waals surface area contributed by atoms with E-state index in [9.17, 15) is 9.59 Å². The zero-order chi connectivity index (χ0) is 20.4. The summed E-state index contributed by atoms with van der Waals surface area (Å²) in [4.78, 5) is 31.0. The number of benzene rings is 2. The molecule has 1 aromatic heterocycles. The summed E-state index contributed by atoms with van der Waals surface area (Å²) in [7, 11) is 0. The Labute approximate surface area is 169 Å². The molecule has 6 heteroatoms. The van der Waals surface area contributed by atoms with Gasteiger partial charge in [0.1, 0.15) is 5.75 Å². The van der Waals surface area contributed by atoms with Crippen molar-refractivity contribution in [3.8, 4) is 5.75 Å². The largest absolute Gasteiger partial charge is 0.479 e. The zero-order valence-corrected chi connectivity index (χ0v) is 16.3. The maximum atomic E-state index is 12.9. The average Bonchev–Trinajstić information content (AvgIpc) is 2.73. The van der Waals surface area contributed by atoms with Crippen molar-refractivity contribution < 1.29 is 14.3 Å². The van der Waals surface area contributed by atoms with Gasteiger partial charge in [-0.3, -0.25) is 14.6 Å². The predicted octanol–water partition coefficient (Wildman–Crippen LogP) is 3.96. The number of aromatic nitrogens is 1. The smallest absolute Gasteiger partial charge is 0.268 e. The minimum atomic E-state index is -0.567. The molecule has 0 bridgehead atoms. The van der Waals surface area contributed by atoms with E-state index in [1.54, 1.807) is 48.4 Å². The molecule has 0 spiro atoms. The minimum absolute atomic E-state index is 0.114. The summed E-state index contributed by atoms with van der Waals surface area (Å²) in [6.07, 6.45) is 2.55. The van der Waals surface area contributed by atoms with Gasteiger partial charge in [0, 0.05) is 18.1 Å². The fourth-order valence-electron chi connectivity index (χ4n) is 3.31. The van der Waals surface area contributed by atoms with Gasteiger partial charge in [-0.2, -0.15) is 0 Å². The van der Waals surface area contributed by atoms with Crippen LogP contribution in [0.2, 0.25) is 0 Å². The fraction of sp³-hybridized carbons (Fsp3) is 0.174. The number of carbonyl (C=O) groups is 2. The van der Waals surface area contributed by atoms with Gasteiger partial charge in [0.25, 0.3) is 11.8 Å². The van der Waals surface area contributed by atoms with Crippen LogP contribution in [0.5, 0.6) is 5.75 Å². The minimum Gasteiger partial charge on any atom is -0.479 e. The topological polar surface area (TPSA) is 71.5 Å². The molecule has 2 aromatic carbocycles. The fourth-order valence-corrected chi connectivity index (χ4v) is 3.31. The Hall–Kier alpha value is -3.67. The molecule has 1 unspecified atom stereocenters. The third-order valence-electron chi connectivity index (χ3n) is 4.94. The van der Waals surface area contributed by atoms with Crippen LogP contribution < -0.4 is 15.0 Å². The number of aryl methyl sites for hydroxylation is 1. The first kappa shape index (κ1) is 18.7. The number of nitrogens with zero attached hydrogens (tertiary/aromatic N) is 2. The van der Waals surface area contributed by atoms with Crippen molar-refractivity contribution in [1.82, 2.24) is 4.98 Å². The number of rotatable bonds is 4. The summed E-state index contributed by atoms with van der Waals surface area (Å²) in [5.41, 5.74) is 3.86. The molecule has 0 aliphatic carbocycles. The van der Waals surface area contributed by atoms with Crippen molar-refractivity contribution in [2.75, 3.05) is 10.2 Å². The molecule has 0 saturated heterocycles. The van der Waals surface area contributed by atoms with Crippen molar-refractivity contribution in [3.63, 3.8) is 0 Å². The Bertz CT molecular complexity index is 1070. The van der Waals surface area contributed by atoms with Crippen LogP contribution in [0.1, 0.15) is 28.4 Å². The van der Waals surface area contributed by atoms with Gasteiger partial charge in [-0.25, -0.2) is 0 Å². The summed E-state index contributed by atoms with van der Waals surface area (Å²) < 4.78 is 5.77. The van der Waals surface area contributed by atoms with Gasteiger partial charge in [-0.05, 0) is 55.3 Å². The second kappa shape index (κ2) is 7.75. The Kier molecular flexibility index (Phi) is 4.99. The number of fused-ring (bicyclic) bond motifs is 1. The third kappa shape index (κ3) is 3.82. The van der Waals surface area contributed by atoms with Crippen LogP contribution in [-0.4, -0.2) is 22.9 Å². The lowest BCUT2D eigenvalue weighted by molar-refractivity contribution is -0.125. The van der Waals surface area contributed by atoms with Gasteiger partial charge in [0.2, 0.25) is 0 Å². The molecule has 1 aliphatic rings. The zero-order valence-electron chi connectivity index (χ0n) is 16.3. The van der Waals surface area contributed by atoms with Crippen LogP contribution in [0, 0.1) is 6.92 Å². The van der Waals surface area contributed by atoms with Crippen LogP contribution in [0.4, 0.5) is 11.4 Å². The SMILES string of the molecule is Cc1ccccc1CN1C(=O)C(C)Oc2ccc(NC(=O)c3cccnc3)cc21. The van der Waals surface area contributed by atoms with E-state index in [1.807, 2.05) is 31.2 Å². The molecule has 0 saturated carbocycles. The van der Waals surface area contributed by atoms with Crippen LogP contribution in [0.15, 0.2) is 67.0 Å². The number of carbonyl (C=O) groups excluding carboxylic acids is 2. The highest BCUT2D eigenvalue weighted by atomic mass is 16.5. The van der Waals surface area contributed by atoms with Crippen LogP contribution in [0.3, 0.4) is 0 Å². The molecule has 2 amide bonds. The Morgan fingerprint density at radius 2 is 2.00 bits per heavy atom. The standard InChI is InChI=1S/C23H21N3O3/c1-15-6-3-4-7-18(15)14-26-20-12-19(9-10-21(20)29-16(2)23(26)28)25-22(27)17-8-5-11-24-13-17/h3-13,16H,14H2,1-2H3,(H,25,27). The van der Waals surface area contributed by atoms with Crippen molar-refractivity contribution in [3.05, 3.63) is 83.7 Å². The molecule has 146 valence electrons. The van der Waals surface area contributed by atoms with E-state index < -0.39 is 6.10 Å². The van der Waals surface area contributed by atoms with E-state index in [4.69, 9.17) is 4.74 Å². The van der Waals surface area contributed by atoms with E-state index in [0.717, 1.165) is 11.1 Å². The normalized spacial score (nSPS) is 15.4. The quantitative estimate of drug-likeness (QED) is 0.736. The first-order valence-electron chi connectivity index (χ1n) is 9.41. The molecule has 2 heterocycles. The summed E-state index contributed by atoms with van der Waals surface area (Å²) >= 11 is 0.